The van der Waals surface area contributed by atoms with Gasteiger partial charge in [-0.25, -0.2) is 4.98 Å². The number of hydrogen-bond acceptors (Lipinski definition) is 5. The lowest BCUT2D eigenvalue weighted by Gasteiger charge is -2.09. The Morgan fingerprint density at radius 2 is 2.15 bits per heavy atom. The number of benzene rings is 1. The molecule has 4 aromatic rings. The van der Waals surface area contributed by atoms with Crippen molar-refractivity contribution in [3.05, 3.63) is 67.8 Å². The van der Waals surface area contributed by atoms with E-state index in [0.717, 1.165) is 20.5 Å². The summed E-state index contributed by atoms with van der Waals surface area (Å²) in [6.07, 6.45) is 1.44. The minimum Gasteiger partial charge on any atom is -0.325 e. The predicted octanol–water partition coefficient (Wildman–Crippen LogP) is 4.90. The fourth-order valence-corrected chi connectivity index (χ4v) is 4.74. The molecule has 0 saturated carbocycles. The molecule has 1 amide bonds. The van der Waals surface area contributed by atoms with Crippen molar-refractivity contribution in [2.24, 2.45) is 0 Å². The van der Waals surface area contributed by atoms with Crippen LogP contribution in [0.15, 0.2) is 56.7 Å². The van der Waals surface area contributed by atoms with Gasteiger partial charge in [-0.05, 0) is 42.1 Å². The van der Waals surface area contributed by atoms with Crippen LogP contribution in [0.1, 0.15) is 5.56 Å². The van der Waals surface area contributed by atoms with Gasteiger partial charge < -0.3 is 5.32 Å². The van der Waals surface area contributed by atoms with Crippen LogP contribution in [0.4, 0.5) is 5.69 Å². The van der Waals surface area contributed by atoms with Crippen molar-refractivity contribution in [3.63, 3.8) is 0 Å². The standard InChI is InChI=1S/C19H14BrN3O2S2/c1-11-7-12(4-5-14(11)20)22-16(24)8-23-10-21-18-17(19(23)25)13(9-27-18)15-3-2-6-26-15/h2-7,9-10H,8H2,1H3,(H,22,24). The lowest BCUT2D eigenvalue weighted by Crippen LogP contribution is -2.27. The Bertz CT molecular complexity index is 1200. The molecule has 0 aliphatic rings. The van der Waals surface area contributed by atoms with E-state index in [2.05, 4.69) is 26.2 Å². The van der Waals surface area contributed by atoms with Gasteiger partial charge >= 0.3 is 0 Å². The van der Waals surface area contributed by atoms with Gasteiger partial charge in [0.1, 0.15) is 11.4 Å². The third-order valence-corrected chi connectivity index (χ3v) is 6.78. The van der Waals surface area contributed by atoms with Gasteiger partial charge in [0, 0.05) is 26.0 Å². The van der Waals surface area contributed by atoms with E-state index < -0.39 is 0 Å². The maximum atomic E-state index is 12.9. The van der Waals surface area contributed by atoms with Crippen LogP contribution in [-0.4, -0.2) is 15.5 Å². The molecular weight excluding hydrogens is 446 g/mol. The van der Waals surface area contributed by atoms with Crippen LogP contribution in [0.25, 0.3) is 20.7 Å². The summed E-state index contributed by atoms with van der Waals surface area (Å²) in [7, 11) is 0. The molecule has 1 N–H and O–H groups in total. The second kappa shape index (κ2) is 7.38. The highest BCUT2D eigenvalue weighted by molar-refractivity contribution is 9.10. The zero-order valence-electron chi connectivity index (χ0n) is 14.2. The van der Waals surface area contributed by atoms with E-state index in [-0.39, 0.29) is 18.0 Å². The number of carbonyl (C=O) groups is 1. The number of thiophene rings is 2. The highest BCUT2D eigenvalue weighted by atomic mass is 79.9. The van der Waals surface area contributed by atoms with Crippen molar-refractivity contribution in [2.45, 2.75) is 13.5 Å². The van der Waals surface area contributed by atoms with Crippen LogP contribution < -0.4 is 10.9 Å². The molecule has 27 heavy (non-hydrogen) atoms. The Balaban J connectivity index is 1.63. The molecule has 4 rings (SSSR count). The molecule has 0 atom stereocenters. The lowest BCUT2D eigenvalue weighted by atomic mass is 10.2. The monoisotopic (exact) mass is 459 g/mol. The number of aryl methyl sites for hydroxylation is 1. The predicted molar refractivity (Wildman–Crippen MR) is 115 cm³/mol. The quantitative estimate of drug-likeness (QED) is 0.472. The van der Waals surface area contributed by atoms with Crippen molar-refractivity contribution in [3.8, 4) is 10.4 Å². The second-order valence-corrected chi connectivity index (χ2v) is 8.66. The van der Waals surface area contributed by atoms with Crippen molar-refractivity contribution in [1.29, 1.82) is 0 Å². The molecule has 0 aliphatic carbocycles. The molecule has 0 unspecified atom stereocenters. The second-order valence-electron chi connectivity index (χ2n) is 6.00. The first kappa shape index (κ1) is 18.1. The average molecular weight is 460 g/mol. The minimum atomic E-state index is -0.270. The van der Waals surface area contributed by atoms with Gasteiger partial charge in [0.25, 0.3) is 5.56 Å². The number of fused-ring (bicyclic) bond motifs is 1. The molecule has 0 fully saturated rings. The number of aromatic nitrogens is 2. The van der Waals surface area contributed by atoms with Gasteiger partial charge in [-0.2, -0.15) is 0 Å². The Morgan fingerprint density at radius 3 is 2.89 bits per heavy atom. The summed E-state index contributed by atoms with van der Waals surface area (Å²) in [4.78, 5) is 31.4. The SMILES string of the molecule is Cc1cc(NC(=O)Cn2cnc3scc(-c4cccs4)c3c2=O)ccc1Br. The zero-order valence-corrected chi connectivity index (χ0v) is 17.5. The van der Waals surface area contributed by atoms with Gasteiger partial charge in [0.15, 0.2) is 0 Å². The summed E-state index contributed by atoms with van der Waals surface area (Å²) >= 11 is 6.45. The van der Waals surface area contributed by atoms with Crippen LogP contribution in [0.2, 0.25) is 0 Å². The van der Waals surface area contributed by atoms with E-state index in [9.17, 15) is 9.59 Å². The first-order valence-electron chi connectivity index (χ1n) is 8.09. The van der Waals surface area contributed by atoms with Crippen molar-refractivity contribution in [2.75, 3.05) is 5.32 Å². The van der Waals surface area contributed by atoms with Crippen LogP contribution in [0.3, 0.4) is 0 Å². The molecule has 3 aromatic heterocycles. The van der Waals surface area contributed by atoms with Crippen LogP contribution in [0, 0.1) is 6.92 Å². The fraction of sp³-hybridized carbons (Fsp3) is 0.105. The van der Waals surface area contributed by atoms with E-state index in [4.69, 9.17) is 0 Å². The third kappa shape index (κ3) is 3.60. The van der Waals surface area contributed by atoms with E-state index >= 15 is 0 Å². The van der Waals surface area contributed by atoms with Gasteiger partial charge in [-0.1, -0.05) is 22.0 Å². The molecule has 5 nitrogen and oxygen atoms in total. The van der Waals surface area contributed by atoms with Crippen LogP contribution in [-0.2, 0) is 11.3 Å². The lowest BCUT2D eigenvalue weighted by molar-refractivity contribution is -0.116. The summed E-state index contributed by atoms with van der Waals surface area (Å²) in [5.74, 6) is -0.270. The van der Waals surface area contributed by atoms with E-state index in [1.807, 2.05) is 48.0 Å². The van der Waals surface area contributed by atoms with Crippen molar-refractivity contribution >= 4 is 60.4 Å². The third-order valence-electron chi connectivity index (χ3n) is 4.10. The summed E-state index contributed by atoms with van der Waals surface area (Å²) in [5, 5.41) is 7.31. The summed E-state index contributed by atoms with van der Waals surface area (Å²) in [5.41, 5.74) is 2.39. The minimum absolute atomic E-state index is 0.0867. The first-order chi connectivity index (χ1) is 13.0. The number of nitrogens with one attached hydrogen (secondary N) is 1. The Labute approximate surface area is 171 Å². The number of hydrogen-bond donors (Lipinski definition) is 1. The van der Waals surface area contributed by atoms with E-state index in [1.165, 1.54) is 22.2 Å². The summed E-state index contributed by atoms with van der Waals surface area (Å²) in [6.45, 7) is 1.86. The van der Waals surface area contributed by atoms with Gasteiger partial charge in [-0.3, -0.25) is 14.2 Å². The molecule has 1 aromatic carbocycles. The number of nitrogens with zero attached hydrogens (tertiary/aromatic N) is 2. The first-order valence-corrected chi connectivity index (χ1v) is 10.6. The molecule has 0 radical (unpaired) electrons. The Kier molecular flexibility index (Phi) is 4.94. The molecule has 0 aliphatic heterocycles. The number of halogens is 1. The topological polar surface area (TPSA) is 64.0 Å². The zero-order chi connectivity index (χ0) is 19.0. The molecule has 3 heterocycles. The summed E-state index contributed by atoms with van der Waals surface area (Å²) < 4.78 is 2.33. The molecular formula is C19H14BrN3O2S2. The Morgan fingerprint density at radius 1 is 1.30 bits per heavy atom. The molecule has 0 bridgehead atoms. The molecule has 136 valence electrons. The van der Waals surface area contributed by atoms with Gasteiger partial charge in [0.05, 0.1) is 11.7 Å². The van der Waals surface area contributed by atoms with E-state index in [1.54, 1.807) is 11.3 Å². The van der Waals surface area contributed by atoms with Gasteiger partial charge in [-0.15, -0.1) is 22.7 Å². The van der Waals surface area contributed by atoms with Crippen LogP contribution in [0.5, 0.6) is 0 Å². The largest absolute Gasteiger partial charge is 0.325 e. The van der Waals surface area contributed by atoms with E-state index in [0.29, 0.717) is 15.9 Å². The fourth-order valence-electron chi connectivity index (χ4n) is 2.77. The molecule has 0 spiro atoms. The van der Waals surface area contributed by atoms with Crippen LogP contribution >= 0.6 is 38.6 Å². The average Bonchev–Trinajstić information content (AvgIpc) is 3.30. The normalized spacial score (nSPS) is 11.0. The smallest absolute Gasteiger partial charge is 0.263 e. The molecule has 8 heteroatoms. The Hall–Kier alpha value is -2.29. The molecule has 0 saturated heterocycles. The number of rotatable bonds is 4. The number of anilines is 1. The highest BCUT2D eigenvalue weighted by Crippen LogP contribution is 2.33. The highest BCUT2D eigenvalue weighted by Gasteiger charge is 2.15. The summed E-state index contributed by atoms with van der Waals surface area (Å²) in [6, 6.07) is 9.49. The number of amides is 1. The maximum Gasteiger partial charge on any atom is 0.263 e. The van der Waals surface area contributed by atoms with Crippen molar-refractivity contribution in [1.82, 2.24) is 9.55 Å². The van der Waals surface area contributed by atoms with Crippen molar-refractivity contribution < 1.29 is 4.79 Å². The number of carbonyl (C=O) groups excluding carboxylic acids is 1. The maximum absolute atomic E-state index is 12.9. The van der Waals surface area contributed by atoms with Gasteiger partial charge in [0.2, 0.25) is 5.91 Å².